The van der Waals surface area contributed by atoms with Crippen LogP contribution in [0.2, 0.25) is 0 Å². The van der Waals surface area contributed by atoms with E-state index < -0.39 is 0 Å². The Balaban J connectivity index is 1.13. The Morgan fingerprint density at radius 1 is 0.400 bits per heavy atom. The first kappa shape index (κ1) is 22.2. The first-order chi connectivity index (χ1) is 19.8. The average molecular weight is 549 g/mol. The second-order valence-electron chi connectivity index (χ2n) is 10.1. The number of furan rings is 1. The molecule has 0 bridgehead atoms. The van der Waals surface area contributed by atoms with Crippen LogP contribution >= 0.6 is 22.7 Å². The summed E-state index contributed by atoms with van der Waals surface area (Å²) in [5.74, 6) is 1.63. The highest BCUT2D eigenvalue weighted by molar-refractivity contribution is 7.26. The lowest BCUT2D eigenvalue weighted by atomic mass is 10.0. The molecule has 0 radical (unpaired) electrons. The van der Waals surface area contributed by atoms with E-state index in [1.807, 2.05) is 34.8 Å². The Hall–Kier alpha value is -4.64. The van der Waals surface area contributed by atoms with Gasteiger partial charge in [0.05, 0.1) is 0 Å². The maximum Gasteiger partial charge on any atom is 0.135 e. The first-order valence-corrected chi connectivity index (χ1v) is 14.9. The molecule has 0 atom stereocenters. The minimum atomic E-state index is 0.797. The molecule has 0 aliphatic carbocycles. The molecule has 0 unspecified atom stereocenters. The second kappa shape index (κ2) is 8.43. The number of thiophene rings is 2. The van der Waals surface area contributed by atoms with Gasteiger partial charge in [-0.1, -0.05) is 48.5 Å². The fourth-order valence-corrected chi connectivity index (χ4v) is 7.98. The second-order valence-corrected chi connectivity index (χ2v) is 12.3. The van der Waals surface area contributed by atoms with E-state index >= 15 is 0 Å². The summed E-state index contributed by atoms with van der Waals surface area (Å²) in [4.78, 5) is 0. The van der Waals surface area contributed by atoms with Crippen molar-refractivity contribution in [2.75, 3.05) is 0 Å². The zero-order valence-corrected chi connectivity index (χ0v) is 22.8. The van der Waals surface area contributed by atoms with E-state index in [1.165, 1.54) is 51.5 Å². The van der Waals surface area contributed by atoms with Crippen LogP contribution in [-0.2, 0) is 0 Å². The van der Waals surface area contributed by atoms with Gasteiger partial charge in [-0.3, -0.25) is 0 Å². The highest BCUT2D eigenvalue weighted by atomic mass is 32.1. The summed E-state index contributed by atoms with van der Waals surface area (Å²) in [5.41, 5.74) is 4.12. The number of fused-ring (bicyclic) bond motifs is 9. The number of ether oxygens (including phenoxy) is 1. The van der Waals surface area contributed by atoms with Gasteiger partial charge in [-0.05, 0) is 83.9 Å². The summed E-state index contributed by atoms with van der Waals surface area (Å²) in [6.45, 7) is 0. The molecule has 0 fully saturated rings. The van der Waals surface area contributed by atoms with E-state index in [1.54, 1.807) is 0 Å². The molecule has 3 aromatic heterocycles. The summed E-state index contributed by atoms with van der Waals surface area (Å²) in [5, 5.41) is 7.26. The van der Waals surface area contributed by atoms with Gasteiger partial charge in [-0.2, -0.15) is 0 Å². The van der Waals surface area contributed by atoms with Crippen molar-refractivity contribution in [3.05, 3.63) is 121 Å². The maximum atomic E-state index is 6.39. The lowest BCUT2D eigenvalue weighted by Crippen LogP contribution is -1.83. The topological polar surface area (TPSA) is 22.4 Å². The van der Waals surface area contributed by atoms with Crippen LogP contribution in [0.5, 0.6) is 11.5 Å². The van der Waals surface area contributed by atoms with Gasteiger partial charge < -0.3 is 9.15 Å². The summed E-state index contributed by atoms with van der Waals surface area (Å²) < 4.78 is 17.8. The zero-order chi connectivity index (χ0) is 26.2. The molecule has 0 spiro atoms. The van der Waals surface area contributed by atoms with Crippen LogP contribution in [0.3, 0.4) is 0 Å². The predicted octanol–water partition coefficient (Wildman–Crippen LogP) is 11.8. The Morgan fingerprint density at radius 2 is 0.875 bits per heavy atom. The minimum Gasteiger partial charge on any atom is -0.457 e. The molecular formula is C36H20O2S2. The van der Waals surface area contributed by atoms with Crippen molar-refractivity contribution in [2.45, 2.75) is 0 Å². The van der Waals surface area contributed by atoms with Crippen LogP contribution in [0.15, 0.2) is 126 Å². The molecule has 0 saturated heterocycles. The van der Waals surface area contributed by atoms with Crippen LogP contribution in [0.4, 0.5) is 0 Å². The van der Waals surface area contributed by atoms with E-state index in [0.717, 1.165) is 33.4 Å². The van der Waals surface area contributed by atoms with Gasteiger partial charge in [-0.15, -0.1) is 22.7 Å². The van der Waals surface area contributed by atoms with Crippen molar-refractivity contribution in [1.29, 1.82) is 0 Å². The smallest absolute Gasteiger partial charge is 0.135 e. The van der Waals surface area contributed by atoms with Gasteiger partial charge in [0.2, 0.25) is 0 Å². The quantitative estimate of drug-likeness (QED) is 0.219. The molecule has 40 heavy (non-hydrogen) atoms. The SMILES string of the molecule is c1ccc2c(c1)sc1ccc(Oc3ccc4oc5ccc(-c6ccc7sc8ccccc8c7c6)cc5c4c3)cc12. The van der Waals surface area contributed by atoms with Gasteiger partial charge >= 0.3 is 0 Å². The van der Waals surface area contributed by atoms with Crippen molar-refractivity contribution in [2.24, 2.45) is 0 Å². The molecule has 3 heterocycles. The van der Waals surface area contributed by atoms with Gasteiger partial charge in [0.25, 0.3) is 0 Å². The fraction of sp³-hybridized carbons (Fsp3) is 0. The monoisotopic (exact) mass is 548 g/mol. The van der Waals surface area contributed by atoms with E-state index in [0.29, 0.717) is 0 Å². The first-order valence-electron chi connectivity index (χ1n) is 13.2. The standard InChI is InChI=1S/C36H20O2S2/c1-3-7-33-25(5-1)29-18-22(10-15-35(29)39-33)21-9-13-31-27(17-21)28-19-23(11-14-32(28)38-31)37-24-12-16-36-30(20-24)26-6-2-4-8-34(26)40-36/h1-20H. The molecule has 0 amide bonds. The Bertz CT molecular complexity index is 2420. The summed E-state index contributed by atoms with van der Waals surface area (Å²) in [7, 11) is 0. The summed E-state index contributed by atoms with van der Waals surface area (Å²) in [6, 6.07) is 42.9. The largest absolute Gasteiger partial charge is 0.457 e. The van der Waals surface area contributed by atoms with Crippen LogP contribution < -0.4 is 4.74 Å². The van der Waals surface area contributed by atoms with Crippen molar-refractivity contribution < 1.29 is 9.15 Å². The third kappa shape index (κ3) is 3.40. The highest BCUT2D eigenvalue weighted by Gasteiger charge is 2.13. The van der Waals surface area contributed by atoms with Gasteiger partial charge in [0.1, 0.15) is 22.7 Å². The van der Waals surface area contributed by atoms with Crippen LogP contribution in [0.1, 0.15) is 0 Å². The molecule has 9 rings (SSSR count). The van der Waals surface area contributed by atoms with E-state index in [4.69, 9.17) is 9.15 Å². The Labute approximate surface area is 237 Å². The molecule has 0 aliphatic heterocycles. The van der Waals surface area contributed by atoms with E-state index in [9.17, 15) is 0 Å². The molecule has 0 aliphatic rings. The van der Waals surface area contributed by atoms with Crippen molar-refractivity contribution >= 4 is 85.0 Å². The van der Waals surface area contributed by atoms with Crippen molar-refractivity contribution in [3.63, 3.8) is 0 Å². The normalized spacial score (nSPS) is 12.0. The molecular weight excluding hydrogens is 529 g/mol. The molecule has 2 nitrogen and oxygen atoms in total. The number of hydrogen-bond donors (Lipinski definition) is 0. The van der Waals surface area contributed by atoms with E-state index in [2.05, 4.69) is 109 Å². The molecule has 0 saturated carbocycles. The fourth-order valence-electron chi connectivity index (χ4n) is 5.81. The Kier molecular flexibility index (Phi) is 4.68. The summed E-state index contributed by atoms with van der Waals surface area (Å²) in [6.07, 6.45) is 0. The summed E-state index contributed by atoms with van der Waals surface area (Å²) >= 11 is 3.66. The predicted molar refractivity (Wildman–Crippen MR) is 171 cm³/mol. The van der Waals surface area contributed by atoms with Crippen molar-refractivity contribution in [3.8, 4) is 22.6 Å². The zero-order valence-electron chi connectivity index (χ0n) is 21.2. The van der Waals surface area contributed by atoms with Crippen molar-refractivity contribution in [1.82, 2.24) is 0 Å². The maximum absolute atomic E-state index is 6.39. The third-order valence-corrected chi connectivity index (χ3v) is 10.0. The van der Waals surface area contributed by atoms with Crippen LogP contribution in [0.25, 0.3) is 73.4 Å². The van der Waals surface area contributed by atoms with Crippen LogP contribution in [-0.4, -0.2) is 0 Å². The number of rotatable bonds is 3. The van der Waals surface area contributed by atoms with Gasteiger partial charge in [-0.25, -0.2) is 0 Å². The molecule has 4 heteroatoms. The number of benzene rings is 6. The van der Waals surface area contributed by atoms with E-state index in [-0.39, 0.29) is 0 Å². The molecule has 6 aromatic carbocycles. The lowest BCUT2D eigenvalue weighted by Gasteiger charge is -2.06. The minimum absolute atomic E-state index is 0.797. The van der Waals surface area contributed by atoms with Gasteiger partial charge in [0.15, 0.2) is 0 Å². The van der Waals surface area contributed by atoms with Crippen LogP contribution in [0, 0.1) is 0 Å². The third-order valence-electron chi connectivity index (χ3n) is 7.73. The molecule has 9 aromatic rings. The lowest BCUT2D eigenvalue weighted by molar-refractivity contribution is 0.484. The Morgan fingerprint density at radius 3 is 1.60 bits per heavy atom. The highest BCUT2D eigenvalue weighted by Crippen LogP contribution is 2.40. The molecule has 188 valence electrons. The number of hydrogen-bond acceptors (Lipinski definition) is 4. The molecule has 0 N–H and O–H groups in total. The average Bonchev–Trinajstić information content (AvgIpc) is 3.67. The van der Waals surface area contributed by atoms with Gasteiger partial charge in [0, 0.05) is 51.1 Å².